The van der Waals surface area contributed by atoms with Gasteiger partial charge in [0.1, 0.15) is 5.82 Å². The molecule has 0 spiro atoms. The first-order chi connectivity index (χ1) is 7.22. The summed E-state index contributed by atoms with van der Waals surface area (Å²) in [5.74, 6) is 1.53. The van der Waals surface area contributed by atoms with Gasteiger partial charge >= 0.3 is 0 Å². The Balaban J connectivity index is 2.50. The first-order valence-electron chi connectivity index (χ1n) is 4.93. The summed E-state index contributed by atoms with van der Waals surface area (Å²) >= 11 is 0. The summed E-state index contributed by atoms with van der Waals surface area (Å²) in [5, 5.41) is 8.10. The van der Waals surface area contributed by atoms with Crippen molar-refractivity contribution in [3.8, 4) is 5.95 Å². The van der Waals surface area contributed by atoms with Crippen molar-refractivity contribution in [2.24, 2.45) is 0 Å². The maximum atomic E-state index is 4.37. The van der Waals surface area contributed by atoms with E-state index in [1.165, 1.54) is 0 Å². The van der Waals surface area contributed by atoms with Crippen LogP contribution in [0.3, 0.4) is 0 Å². The molecule has 5 heteroatoms. The van der Waals surface area contributed by atoms with E-state index in [2.05, 4.69) is 20.2 Å². The molecule has 5 nitrogen and oxygen atoms in total. The van der Waals surface area contributed by atoms with Crippen LogP contribution < -0.4 is 0 Å². The van der Waals surface area contributed by atoms with Gasteiger partial charge in [0.25, 0.3) is 5.95 Å². The zero-order valence-electron chi connectivity index (χ0n) is 9.10. The Hall–Kier alpha value is -1.78. The lowest BCUT2D eigenvalue weighted by Crippen LogP contribution is -2.08. The number of imidazole rings is 1. The summed E-state index contributed by atoms with van der Waals surface area (Å²) in [5.41, 5.74) is 1.76. The minimum absolute atomic E-state index is 0.590. The second-order valence-corrected chi connectivity index (χ2v) is 3.35. The van der Waals surface area contributed by atoms with Crippen LogP contribution in [0.4, 0.5) is 0 Å². The fourth-order valence-electron chi connectivity index (χ4n) is 1.33. The van der Waals surface area contributed by atoms with Gasteiger partial charge in [-0.15, -0.1) is 5.10 Å². The number of rotatable bonds is 2. The summed E-state index contributed by atoms with van der Waals surface area (Å²) < 4.78 is 1.86. The SMILES string of the molecule is CCc1nccn1-c1nnc(C)c(C)n1. The zero-order chi connectivity index (χ0) is 10.8. The largest absolute Gasteiger partial charge is 0.270 e. The lowest BCUT2D eigenvalue weighted by Gasteiger charge is -2.04. The maximum Gasteiger partial charge on any atom is 0.255 e. The second-order valence-electron chi connectivity index (χ2n) is 3.35. The fourth-order valence-corrected chi connectivity index (χ4v) is 1.33. The third-order valence-electron chi connectivity index (χ3n) is 2.33. The van der Waals surface area contributed by atoms with Gasteiger partial charge in [0.05, 0.1) is 11.4 Å². The Morgan fingerprint density at radius 3 is 2.67 bits per heavy atom. The van der Waals surface area contributed by atoms with E-state index < -0.39 is 0 Å². The monoisotopic (exact) mass is 203 g/mol. The Morgan fingerprint density at radius 2 is 2.00 bits per heavy atom. The van der Waals surface area contributed by atoms with E-state index >= 15 is 0 Å². The minimum Gasteiger partial charge on any atom is -0.270 e. The molecule has 0 aliphatic heterocycles. The number of aromatic nitrogens is 5. The van der Waals surface area contributed by atoms with Crippen LogP contribution in [-0.4, -0.2) is 24.7 Å². The van der Waals surface area contributed by atoms with E-state index in [4.69, 9.17) is 0 Å². The first-order valence-corrected chi connectivity index (χ1v) is 4.93. The molecule has 0 aromatic carbocycles. The van der Waals surface area contributed by atoms with Gasteiger partial charge in [-0.3, -0.25) is 4.57 Å². The summed E-state index contributed by atoms with van der Waals surface area (Å²) in [6, 6.07) is 0. The number of hydrogen-bond acceptors (Lipinski definition) is 4. The molecule has 0 saturated heterocycles. The fraction of sp³-hybridized carbons (Fsp3) is 0.400. The van der Waals surface area contributed by atoms with Crippen molar-refractivity contribution < 1.29 is 0 Å². The van der Waals surface area contributed by atoms with Gasteiger partial charge in [0.2, 0.25) is 0 Å². The van der Waals surface area contributed by atoms with Crippen molar-refractivity contribution in [1.82, 2.24) is 24.7 Å². The molecule has 0 amide bonds. The van der Waals surface area contributed by atoms with Crippen molar-refractivity contribution in [2.75, 3.05) is 0 Å². The smallest absolute Gasteiger partial charge is 0.255 e. The molecular weight excluding hydrogens is 190 g/mol. The van der Waals surface area contributed by atoms with Crippen molar-refractivity contribution in [3.05, 3.63) is 29.6 Å². The molecule has 0 aliphatic carbocycles. The highest BCUT2D eigenvalue weighted by Gasteiger charge is 2.07. The molecule has 0 unspecified atom stereocenters. The van der Waals surface area contributed by atoms with Gasteiger partial charge < -0.3 is 0 Å². The Kier molecular flexibility index (Phi) is 2.45. The molecule has 0 fully saturated rings. The molecule has 2 heterocycles. The van der Waals surface area contributed by atoms with E-state index in [1.807, 2.05) is 31.5 Å². The van der Waals surface area contributed by atoms with E-state index in [0.717, 1.165) is 23.6 Å². The number of nitrogens with zero attached hydrogens (tertiary/aromatic N) is 5. The van der Waals surface area contributed by atoms with Gasteiger partial charge in [-0.2, -0.15) is 5.10 Å². The number of hydrogen-bond donors (Lipinski definition) is 0. The zero-order valence-corrected chi connectivity index (χ0v) is 9.10. The average molecular weight is 203 g/mol. The van der Waals surface area contributed by atoms with Crippen LogP contribution in [0.1, 0.15) is 24.1 Å². The molecule has 78 valence electrons. The van der Waals surface area contributed by atoms with Gasteiger partial charge in [0, 0.05) is 18.8 Å². The molecule has 0 atom stereocenters. The third-order valence-corrected chi connectivity index (χ3v) is 2.33. The third kappa shape index (κ3) is 1.72. The Bertz CT molecular complexity index is 474. The van der Waals surface area contributed by atoms with Gasteiger partial charge in [-0.05, 0) is 13.8 Å². The molecule has 0 saturated carbocycles. The predicted molar refractivity (Wildman–Crippen MR) is 55.8 cm³/mol. The van der Waals surface area contributed by atoms with E-state index in [9.17, 15) is 0 Å². The Labute approximate surface area is 88.2 Å². The summed E-state index contributed by atoms with van der Waals surface area (Å²) in [6.45, 7) is 5.87. The molecule has 2 rings (SSSR count). The van der Waals surface area contributed by atoms with E-state index in [-0.39, 0.29) is 0 Å². The van der Waals surface area contributed by atoms with Crippen molar-refractivity contribution in [3.63, 3.8) is 0 Å². The topological polar surface area (TPSA) is 56.5 Å². The van der Waals surface area contributed by atoms with E-state index in [0.29, 0.717) is 5.95 Å². The highest BCUT2D eigenvalue weighted by Crippen LogP contribution is 2.06. The van der Waals surface area contributed by atoms with Gasteiger partial charge in [0.15, 0.2) is 0 Å². The normalized spacial score (nSPS) is 10.6. The molecule has 0 bridgehead atoms. The molecule has 2 aromatic rings. The van der Waals surface area contributed by atoms with Crippen LogP contribution in [0, 0.1) is 13.8 Å². The van der Waals surface area contributed by atoms with Crippen LogP contribution in [-0.2, 0) is 6.42 Å². The Morgan fingerprint density at radius 1 is 1.20 bits per heavy atom. The van der Waals surface area contributed by atoms with Crippen LogP contribution >= 0.6 is 0 Å². The van der Waals surface area contributed by atoms with Gasteiger partial charge in [-0.25, -0.2) is 9.97 Å². The van der Waals surface area contributed by atoms with E-state index in [1.54, 1.807) is 6.20 Å². The molecule has 0 radical (unpaired) electrons. The van der Waals surface area contributed by atoms with Crippen molar-refractivity contribution in [2.45, 2.75) is 27.2 Å². The molecule has 0 aliphatic rings. The second kappa shape index (κ2) is 3.76. The summed E-state index contributed by atoms with van der Waals surface area (Å²) in [4.78, 5) is 8.59. The molecular formula is C10H13N5. The first kappa shape index (κ1) is 9.76. The predicted octanol–water partition coefficient (Wildman–Crippen LogP) is 1.24. The highest BCUT2D eigenvalue weighted by atomic mass is 15.3. The van der Waals surface area contributed by atoms with Crippen molar-refractivity contribution >= 4 is 0 Å². The molecule has 0 N–H and O–H groups in total. The van der Waals surface area contributed by atoms with Crippen LogP contribution in [0.2, 0.25) is 0 Å². The van der Waals surface area contributed by atoms with Crippen LogP contribution in [0.15, 0.2) is 12.4 Å². The molecule has 15 heavy (non-hydrogen) atoms. The van der Waals surface area contributed by atoms with Crippen LogP contribution in [0.5, 0.6) is 0 Å². The lowest BCUT2D eigenvalue weighted by atomic mass is 10.4. The quantitative estimate of drug-likeness (QED) is 0.736. The summed E-state index contributed by atoms with van der Waals surface area (Å²) in [6.07, 6.45) is 4.45. The average Bonchev–Trinajstić information content (AvgIpc) is 2.70. The van der Waals surface area contributed by atoms with Gasteiger partial charge in [-0.1, -0.05) is 6.92 Å². The minimum atomic E-state index is 0.590. The molecule has 2 aromatic heterocycles. The standard InChI is InChI=1S/C10H13N5/c1-4-9-11-5-6-15(9)10-12-7(2)8(3)13-14-10/h5-6H,4H2,1-3H3. The summed E-state index contributed by atoms with van der Waals surface area (Å²) in [7, 11) is 0. The highest BCUT2D eigenvalue weighted by molar-refractivity contribution is 5.17. The maximum absolute atomic E-state index is 4.37. The number of aryl methyl sites for hydroxylation is 3. The van der Waals surface area contributed by atoms with Crippen LogP contribution in [0.25, 0.3) is 5.95 Å². The lowest BCUT2D eigenvalue weighted by molar-refractivity contribution is 0.777. The van der Waals surface area contributed by atoms with Crippen molar-refractivity contribution in [1.29, 1.82) is 0 Å².